The molecule has 0 radical (unpaired) electrons. The van der Waals surface area contributed by atoms with Gasteiger partial charge in [-0.25, -0.2) is 4.39 Å². The zero-order valence-corrected chi connectivity index (χ0v) is 13.2. The molecule has 0 fully saturated rings. The molecule has 2 aromatic carbocycles. The third-order valence-corrected chi connectivity index (χ3v) is 4.45. The summed E-state index contributed by atoms with van der Waals surface area (Å²) in [6.45, 7) is 0. The van der Waals surface area contributed by atoms with Crippen molar-refractivity contribution in [1.82, 2.24) is 0 Å². The van der Waals surface area contributed by atoms with Crippen LogP contribution in [0.1, 0.15) is 0 Å². The van der Waals surface area contributed by atoms with E-state index in [2.05, 4.69) is 21.2 Å². The zero-order chi connectivity index (χ0) is 15.4. The van der Waals surface area contributed by atoms with Crippen molar-refractivity contribution in [2.24, 2.45) is 0 Å². The van der Waals surface area contributed by atoms with Crippen molar-refractivity contribution in [1.29, 1.82) is 0 Å². The molecule has 0 bridgehead atoms. The zero-order valence-electron chi connectivity index (χ0n) is 10.8. The number of carbonyl (C=O) groups is 1. The molecule has 3 N–H and O–H groups in total. The Balaban J connectivity index is 2.03. The van der Waals surface area contributed by atoms with Gasteiger partial charge < -0.3 is 11.1 Å². The van der Waals surface area contributed by atoms with Gasteiger partial charge in [-0.3, -0.25) is 9.00 Å². The highest BCUT2D eigenvalue weighted by Crippen LogP contribution is 2.18. The summed E-state index contributed by atoms with van der Waals surface area (Å²) < 4.78 is 26.4. The fourth-order valence-corrected chi connectivity index (χ4v) is 2.79. The van der Waals surface area contributed by atoms with E-state index >= 15 is 0 Å². The molecule has 0 aliphatic carbocycles. The van der Waals surface area contributed by atoms with E-state index < -0.39 is 22.5 Å². The van der Waals surface area contributed by atoms with Gasteiger partial charge in [-0.1, -0.05) is 15.9 Å². The van der Waals surface area contributed by atoms with E-state index in [1.807, 2.05) is 0 Å². The molecular weight excluding hydrogens is 359 g/mol. The number of anilines is 2. The Kier molecular flexibility index (Phi) is 5.08. The first-order chi connectivity index (χ1) is 9.95. The Morgan fingerprint density at radius 1 is 1.24 bits per heavy atom. The Hall–Kier alpha value is -1.73. The molecule has 1 atom stereocenters. The lowest BCUT2D eigenvalue weighted by atomic mass is 10.2. The lowest BCUT2D eigenvalue weighted by molar-refractivity contribution is -0.113. The number of nitrogens with one attached hydrogen (secondary N) is 1. The maximum absolute atomic E-state index is 13.5. The Labute approximate surface area is 132 Å². The molecule has 2 aromatic rings. The summed E-state index contributed by atoms with van der Waals surface area (Å²) in [6.07, 6.45) is 0. The summed E-state index contributed by atoms with van der Waals surface area (Å²) >= 11 is 3.27. The van der Waals surface area contributed by atoms with Gasteiger partial charge in [0, 0.05) is 15.1 Å². The average Bonchev–Trinajstić information content (AvgIpc) is 2.43. The highest BCUT2D eigenvalue weighted by Gasteiger charge is 2.12. The van der Waals surface area contributed by atoms with E-state index in [0.717, 1.165) is 10.5 Å². The minimum atomic E-state index is -1.49. The minimum absolute atomic E-state index is 0.0205. The predicted octanol–water partition coefficient (Wildman–Crippen LogP) is 2.92. The average molecular weight is 371 g/mol. The maximum atomic E-state index is 13.5. The molecule has 0 spiro atoms. The van der Waals surface area contributed by atoms with Crippen LogP contribution in [0.2, 0.25) is 0 Å². The molecule has 0 saturated heterocycles. The van der Waals surface area contributed by atoms with Crippen molar-refractivity contribution in [2.75, 3.05) is 16.8 Å². The maximum Gasteiger partial charge on any atom is 0.237 e. The highest BCUT2D eigenvalue weighted by atomic mass is 79.9. The molecule has 0 aromatic heterocycles. The van der Waals surface area contributed by atoms with Gasteiger partial charge in [0.15, 0.2) is 0 Å². The molecule has 7 heteroatoms. The molecule has 1 amide bonds. The van der Waals surface area contributed by atoms with Crippen LogP contribution in [0.5, 0.6) is 0 Å². The van der Waals surface area contributed by atoms with E-state index in [0.29, 0.717) is 10.6 Å². The second kappa shape index (κ2) is 6.82. The lowest BCUT2D eigenvalue weighted by Gasteiger charge is -2.07. The van der Waals surface area contributed by atoms with Crippen LogP contribution < -0.4 is 11.1 Å². The van der Waals surface area contributed by atoms with Gasteiger partial charge in [-0.15, -0.1) is 0 Å². The van der Waals surface area contributed by atoms with Crippen LogP contribution in [0, 0.1) is 5.82 Å². The van der Waals surface area contributed by atoms with Crippen LogP contribution in [0.15, 0.2) is 51.8 Å². The minimum Gasteiger partial charge on any atom is -0.399 e. The normalized spacial score (nSPS) is 11.9. The fraction of sp³-hybridized carbons (Fsp3) is 0.0714. The molecule has 0 aliphatic heterocycles. The summed E-state index contributed by atoms with van der Waals surface area (Å²) in [5, 5.41) is 2.37. The number of amides is 1. The highest BCUT2D eigenvalue weighted by molar-refractivity contribution is 9.10. The molecule has 0 aliphatic rings. The number of hydrogen-bond donors (Lipinski definition) is 2. The predicted molar refractivity (Wildman–Crippen MR) is 84.9 cm³/mol. The van der Waals surface area contributed by atoms with Gasteiger partial charge in [-0.2, -0.15) is 0 Å². The summed E-state index contributed by atoms with van der Waals surface area (Å²) in [6, 6.07) is 10.7. The summed E-state index contributed by atoms with van der Waals surface area (Å²) in [5.41, 5.74) is 5.84. The van der Waals surface area contributed by atoms with Crippen LogP contribution in [0.25, 0.3) is 0 Å². The third-order valence-electron chi connectivity index (χ3n) is 2.60. The molecule has 110 valence electrons. The monoisotopic (exact) mass is 370 g/mol. The van der Waals surface area contributed by atoms with Gasteiger partial charge in [0.05, 0.1) is 16.5 Å². The Bertz CT molecular complexity index is 692. The number of hydrogen-bond acceptors (Lipinski definition) is 3. The first-order valence-electron chi connectivity index (χ1n) is 5.94. The van der Waals surface area contributed by atoms with E-state index in [4.69, 9.17) is 5.73 Å². The van der Waals surface area contributed by atoms with Crippen LogP contribution in [-0.2, 0) is 15.6 Å². The van der Waals surface area contributed by atoms with Crippen LogP contribution in [0.4, 0.5) is 15.8 Å². The molecule has 4 nitrogen and oxygen atoms in total. The smallest absolute Gasteiger partial charge is 0.237 e. The van der Waals surface area contributed by atoms with E-state index in [-0.39, 0.29) is 11.4 Å². The fourth-order valence-electron chi connectivity index (χ4n) is 1.61. The number of nitrogens with two attached hydrogens (primary N) is 1. The Morgan fingerprint density at radius 3 is 2.57 bits per heavy atom. The molecule has 0 heterocycles. The second-order valence-corrected chi connectivity index (χ2v) is 6.60. The van der Waals surface area contributed by atoms with Crippen molar-refractivity contribution in [3.05, 3.63) is 52.8 Å². The van der Waals surface area contributed by atoms with E-state index in [1.54, 1.807) is 24.3 Å². The SMILES string of the molecule is Nc1ccc(F)c(NC(=O)CS(=O)c2ccc(Br)cc2)c1. The van der Waals surface area contributed by atoms with Crippen LogP contribution in [0.3, 0.4) is 0 Å². The topological polar surface area (TPSA) is 72.2 Å². The van der Waals surface area contributed by atoms with E-state index in [1.165, 1.54) is 12.1 Å². The Morgan fingerprint density at radius 2 is 1.90 bits per heavy atom. The van der Waals surface area contributed by atoms with Crippen LogP contribution in [-0.4, -0.2) is 15.9 Å². The van der Waals surface area contributed by atoms with Crippen molar-refractivity contribution in [2.45, 2.75) is 4.90 Å². The summed E-state index contributed by atoms with van der Waals surface area (Å²) in [5.74, 6) is -1.39. The van der Waals surface area contributed by atoms with E-state index in [9.17, 15) is 13.4 Å². The second-order valence-electron chi connectivity index (χ2n) is 4.23. The number of halogens is 2. The molecule has 1 unspecified atom stereocenters. The van der Waals surface area contributed by atoms with Gasteiger partial charge in [-0.05, 0) is 42.5 Å². The molecule has 0 saturated carbocycles. The lowest BCUT2D eigenvalue weighted by Crippen LogP contribution is -2.20. The van der Waals surface area contributed by atoms with Crippen molar-refractivity contribution >= 4 is 44.0 Å². The van der Waals surface area contributed by atoms with Gasteiger partial charge >= 0.3 is 0 Å². The van der Waals surface area contributed by atoms with Gasteiger partial charge in [0.1, 0.15) is 11.6 Å². The number of nitrogen functional groups attached to an aromatic ring is 1. The van der Waals surface area contributed by atoms with Crippen molar-refractivity contribution < 1.29 is 13.4 Å². The van der Waals surface area contributed by atoms with Crippen molar-refractivity contribution in [3.63, 3.8) is 0 Å². The first-order valence-corrected chi connectivity index (χ1v) is 8.06. The molecule has 21 heavy (non-hydrogen) atoms. The van der Waals surface area contributed by atoms with Crippen molar-refractivity contribution in [3.8, 4) is 0 Å². The van der Waals surface area contributed by atoms with Gasteiger partial charge in [0.25, 0.3) is 0 Å². The summed E-state index contributed by atoms with van der Waals surface area (Å²) in [7, 11) is -1.49. The largest absolute Gasteiger partial charge is 0.399 e. The summed E-state index contributed by atoms with van der Waals surface area (Å²) in [4.78, 5) is 12.3. The number of benzene rings is 2. The van der Waals surface area contributed by atoms with Gasteiger partial charge in [0.2, 0.25) is 5.91 Å². The molecular formula is C14H12BrFN2O2S. The number of rotatable bonds is 4. The first kappa shape index (κ1) is 15.7. The third kappa shape index (κ3) is 4.37. The number of carbonyl (C=O) groups excluding carboxylic acids is 1. The quantitative estimate of drug-likeness (QED) is 0.812. The molecule has 2 rings (SSSR count). The standard InChI is InChI=1S/C14H12BrFN2O2S/c15-9-1-4-11(5-2-9)21(20)8-14(19)18-13-7-10(17)3-6-12(13)16/h1-7H,8,17H2,(H,18,19). The van der Waals surface area contributed by atoms with Crippen LogP contribution >= 0.6 is 15.9 Å².